The number of alkyl halides is 3. The molecule has 0 aliphatic heterocycles. The van der Waals surface area contributed by atoms with Crippen LogP contribution in [0.5, 0.6) is 0 Å². The molecule has 110 valence electrons. The van der Waals surface area contributed by atoms with Gasteiger partial charge in [0.05, 0.1) is 11.1 Å². The fraction of sp³-hybridized carbons (Fsp3) is 0.571. The van der Waals surface area contributed by atoms with Gasteiger partial charge in [-0.1, -0.05) is 19.3 Å². The molecule has 1 aromatic heterocycles. The van der Waals surface area contributed by atoms with Crippen molar-refractivity contribution in [2.75, 3.05) is 7.11 Å². The quantitative estimate of drug-likeness (QED) is 0.797. The van der Waals surface area contributed by atoms with Gasteiger partial charge in [-0.25, -0.2) is 0 Å². The molecule has 1 saturated carbocycles. The predicted octanol–water partition coefficient (Wildman–Crippen LogP) is 3.63. The van der Waals surface area contributed by atoms with Crippen molar-refractivity contribution >= 4 is 5.78 Å². The van der Waals surface area contributed by atoms with Gasteiger partial charge in [-0.15, -0.1) is 0 Å². The summed E-state index contributed by atoms with van der Waals surface area (Å²) in [6, 6.07) is 0.833. The number of aromatic nitrogens is 1. The Kier molecular flexibility index (Phi) is 4.13. The third kappa shape index (κ3) is 2.70. The molecular weight excluding hydrogens is 271 g/mol. The lowest BCUT2D eigenvalue weighted by Gasteiger charge is -2.34. The average Bonchev–Trinajstić information content (AvgIpc) is 2.46. The molecule has 1 heterocycles. The van der Waals surface area contributed by atoms with Crippen LogP contribution >= 0.6 is 0 Å². The molecule has 6 heteroatoms. The third-order valence-electron chi connectivity index (χ3n) is 3.84. The maximum absolute atomic E-state index is 13.0. The Labute approximate surface area is 115 Å². The van der Waals surface area contributed by atoms with Crippen LogP contribution in [0.2, 0.25) is 0 Å². The van der Waals surface area contributed by atoms with E-state index in [1.165, 1.54) is 7.11 Å². The third-order valence-corrected chi connectivity index (χ3v) is 3.84. The van der Waals surface area contributed by atoms with Crippen LogP contribution in [0.25, 0.3) is 0 Å². The molecule has 0 radical (unpaired) electrons. The molecule has 0 N–H and O–H groups in total. The predicted molar refractivity (Wildman–Crippen MR) is 66.4 cm³/mol. The van der Waals surface area contributed by atoms with Gasteiger partial charge in [0.25, 0.3) is 0 Å². The van der Waals surface area contributed by atoms with Crippen molar-refractivity contribution in [3.63, 3.8) is 0 Å². The van der Waals surface area contributed by atoms with Crippen molar-refractivity contribution in [1.29, 1.82) is 0 Å². The van der Waals surface area contributed by atoms with Gasteiger partial charge in [0.15, 0.2) is 5.78 Å². The second-order valence-electron chi connectivity index (χ2n) is 5.01. The number of Topliss-reactive ketones (excluding diaryl/α,β-unsaturated/α-hetero) is 1. The molecule has 0 aromatic carbocycles. The molecule has 0 saturated heterocycles. The number of ether oxygens (including phenoxy) is 1. The Morgan fingerprint density at radius 2 is 1.95 bits per heavy atom. The molecule has 0 amide bonds. The van der Waals surface area contributed by atoms with E-state index in [2.05, 4.69) is 4.98 Å². The monoisotopic (exact) mass is 287 g/mol. The first-order chi connectivity index (χ1) is 9.41. The number of pyridine rings is 1. The Bertz CT molecular complexity index is 493. The SMILES string of the molecule is COC1(C(=O)c2cnccc2C(F)(F)F)CCCCC1. The fourth-order valence-corrected chi connectivity index (χ4v) is 2.71. The minimum Gasteiger partial charge on any atom is -0.370 e. The van der Waals surface area contributed by atoms with Crippen LogP contribution in [-0.4, -0.2) is 23.5 Å². The van der Waals surface area contributed by atoms with Crippen LogP contribution < -0.4 is 0 Å². The molecule has 0 atom stereocenters. The number of halogens is 3. The standard InChI is InChI=1S/C14H16F3NO2/c1-20-13(6-3-2-4-7-13)12(19)10-9-18-8-5-11(10)14(15,16)17/h5,8-9H,2-4,6-7H2,1H3. The Hall–Kier alpha value is -1.43. The number of nitrogens with zero attached hydrogens (tertiary/aromatic N) is 1. The summed E-state index contributed by atoms with van der Waals surface area (Å²) in [4.78, 5) is 16.2. The highest BCUT2D eigenvalue weighted by atomic mass is 19.4. The summed E-state index contributed by atoms with van der Waals surface area (Å²) in [5, 5.41) is 0. The maximum Gasteiger partial charge on any atom is 0.417 e. The minimum atomic E-state index is -4.57. The van der Waals surface area contributed by atoms with Crippen molar-refractivity contribution in [1.82, 2.24) is 4.98 Å². The largest absolute Gasteiger partial charge is 0.417 e. The smallest absolute Gasteiger partial charge is 0.370 e. The number of carbonyl (C=O) groups excluding carboxylic acids is 1. The Morgan fingerprint density at radius 3 is 2.50 bits per heavy atom. The zero-order chi connectivity index (χ0) is 14.8. The second kappa shape index (κ2) is 5.52. The van der Waals surface area contributed by atoms with Crippen LogP contribution in [0.15, 0.2) is 18.5 Å². The molecule has 0 unspecified atom stereocenters. The highest BCUT2D eigenvalue weighted by Gasteiger charge is 2.44. The number of methoxy groups -OCH3 is 1. The van der Waals surface area contributed by atoms with Crippen LogP contribution in [-0.2, 0) is 10.9 Å². The van der Waals surface area contributed by atoms with E-state index in [0.29, 0.717) is 12.8 Å². The van der Waals surface area contributed by atoms with Gasteiger partial charge in [0, 0.05) is 19.5 Å². The summed E-state index contributed by atoms with van der Waals surface area (Å²) in [6.45, 7) is 0. The normalized spacial score (nSPS) is 18.8. The highest BCUT2D eigenvalue weighted by molar-refractivity contribution is 6.03. The number of ketones is 1. The van der Waals surface area contributed by atoms with Gasteiger partial charge in [-0.2, -0.15) is 13.2 Å². The van der Waals surface area contributed by atoms with Gasteiger partial charge >= 0.3 is 6.18 Å². The zero-order valence-electron chi connectivity index (χ0n) is 11.2. The van der Waals surface area contributed by atoms with E-state index in [4.69, 9.17) is 4.74 Å². The molecule has 0 spiro atoms. The van der Waals surface area contributed by atoms with Crippen molar-refractivity contribution in [2.45, 2.75) is 43.9 Å². The van der Waals surface area contributed by atoms with E-state index >= 15 is 0 Å². The van der Waals surface area contributed by atoms with E-state index in [9.17, 15) is 18.0 Å². The number of rotatable bonds is 3. The number of hydrogen-bond donors (Lipinski definition) is 0. The lowest BCUT2D eigenvalue weighted by Crippen LogP contribution is -2.43. The Morgan fingerprint density at radius 1 is 1.30 bits per heavy atom. The first-order valence-corrected chi connectivity index (χ1v) is 6.52. The molecule has 2 rings (SSSR count). The second-order valence-corrected chi connectivity index (χ2v) is 5.01. The molecule has 1 aliphatic carbocycles. The van der Waals surface area contributed by atoms with Crippen molar-refractivity contribution in [3.8, 4) is 0 Å². The summed E-state index contributed by atoms with van der Waals surface area (Å²) in [7, 11) is 1.38. The van der Waals surface area contributed by atoms with E-state index in [1.807, 2.05) is 0 Å². The van der Waals surface area contributed by atoms with Crippen LogP contribution in [0.4, 0.5) is 13.2 Å². The molecule has 0 bridgehead atoms. The summed E-state index contributed by atoms with van der Waals surface area (Å²) >= 11 is 0. The van der Waals surface area contributed by atoms with Crippen molar-refractivity contribution in [2.24, 2.45) is 0 Å². The van der Waals surface area contributed by atoms with Crippen molar-refractivity contribution in [3.05, 3.63) is 29.6 Å². The van der Waals surface area contributed by atoms with E-state index in [-0.39, 0.29) is 0 Å². The molecule has 1 fully saturated rings. The lowest BCUT2D eigenvalue weighted by atomic mass is 9.78. The number of hydrogen-bond acceptors (Lipinski definition) is 3. The zero-order valence-corrected chi connectivity index (χ0v) is 11.2. The lowest BCUT2D eigenvalue weighted by molar-refractivity contribution is -0.138. The first kappa shape index (κ1) is 15.0. The highest BCUT2D eigenvalue weighted by Crippen LogP contribution is 2.38. The van der Waals surface area contributed by atoms with E-state index in [0.717, 1.165) is 37.7 Å². The summed E-state index contributed by atoms with van der Waals surface area (Å²) in [6.07, 6.45) is 0.890. The van der Waals surface area contributed by atoms with Gasteiger partial charge < -0.3 is 4.74 Å². The van der Waals surface area contributed by atoms with Crippen LogP contribution in [0, 0.1) is 0 Å². The summed E-state index contributed by atoms with van der Waals surface area (Å²) in [5.74, 6) is -0.611. The minimum absolute atomic E-state index is 0.399. The average molecular weight is 287 g/mol. The van der Waals surface area contributed by atoms with E-state index in [1.54, 1.807) is 0 Å². The van der Waals surface area contributed by atoms with Crippen LogP contribution in [0.1, 0.15) is 48.0 Å². The first-order valence-electron chi connectivity index (χ1n) is 6.52. The van der Waals surface area contributed by atoms with Gasteiger partial charge in [-0.3, -0.25) is 9.78 Å². The summed E-state index contributed by atoms with van der Waals surface area (Å²) in [5.41, 5.74) is -2.48. The maximum atomic E-state index is 13.0. The molecule has 3 nitrogen and oxygen atoms in total. The summed E-state index contributed by atoms with van der Waals surface area (Å²) < 4.78 is 44.3. The van der Waals surface area contributed by atoms with E-state index < -0.39 is 28.7 Å². The fourth-order valence-electron chi connectivity index (χ4n) is 2.71. The molecule has 20 heavy (non-hydrogen) atoms. The topological polar surface area (TPSA) is 39.2 Å². The molecular formula is C14H16F3NO2. The molecule has 1 aromatic rings. The van der Waals surface area contributed by atoms with Crippen LogP contribution in [0.3, 0.4) is 0 Å². The Balaban J connectivity index is 2.43. The number of carbonyl (C=O) groups is 1. The van der Waals surface area contributed by atoms with Gasteiger partial charge in [-0.05, 0) is 18.9 Å². The van der Waals surface area contributed by atoms with Gasteiger partial charge in [0.2, 0.25) is 0 Å². The van der Waals surface area contributed by atoms with Crippen molar-refractivity contribution < 1.29 is 22.7 Å². The molecule has 1 aliphatic rings. The van der Waals surface area contributed by atoms with Gasteiger partial charge in [0.1, 0.15) is 5.60 Å².